The lowest BCUT2D eigenvalue weighted by molar-refractivity contribution is 0.151. The predicted octanol–water partition coefficient (Wildman–Crippen LogP) is 0.184. The van der Waals surface area contributed by atoms with Crippen LogP contribution in [0.2, 0.25) is 0 Å². The number of rotatable bonds is 3. The molecular weight excluding hydrogens is 158 g/mol. The average molecular weight is 171 g/mol. The lowest BCUT2D eigenvalue weighted by Crippen LogP contribution is -2.11. The first-order valence-electron chi connectivity index (χ1n) is 3.75. The van der Waals surface area contributed by atoms with E-state index in [4.69, 9.17) is 9.63 Å². The van der Waals surface area contributed by atoms with Gasteiger partial charge in [0, 0.05) is 0 Å². The zero-order chi connectivity index (χ0) is 9.14. The zero-order valence-corrected chi connectivity index (χ0v) is 7.48. The summed E-state index contributed by atoms with van der Waals surface area (Å²) in [5.41, 5.74) is 0. The number of hydrogen-bond donors (Lipinski definition) is 1. The summed E-state index contributed by atoms with van der Waals surface area (Å²) in [6, 6.07) is 0. The van der Waals surface area contributed by atoms with Gasteiger partial charge in [-0.3, -0.25) is 0 Å². The van der Waals surface area contributed by atoms with Crippen LogP contribution >= 0.6 is 0 Å². The molecule has 0 saturated heterocycles. The van der Waals surface area contributed by atoms with Gasteiger partial charge < -0.3 is 14.5 Å². The smallest absolute Gasteiger partial charge is 0.255 e. The van der Waals surface area contributed by atoms with E-state index in [1.165, 1.54) is 0 Å². The third-order valence-corrected chi connectivity index (χ3v) is 1.30. The minimum Gasteiger partial charge on any atom is -0.384 e. The first kappa shape index (κ1) is 9.15. The summed E-state index contributed by atoms with van der Waals surface area (Å²) in [6.45, 7) is 2.21. The normalized spacial score (nSPS) is 13.8. The molecule has 1 aromatic rings. The summed E-state index contributed by atoms with van der Waals surface area (Å²) < 4.78 is 4.79. The molecule has 1 heterocycles. The second-order valence-electron chi connectivity index (χ2n) is 2.96. The van der Waals surface area contributed by atoms with Crippen LogP contribution in [0, 0.1) is 0 Å². The molecule has 5 heteroatoms. The zero-order valence-electron chi connectivity index (χ0n) is 7.48. The summed E-state index contributed by atoms with van der Waals surface area (Å²) in [4.78, 5) is 5.91. The van der Waals surface area contributed by atoms with Crippen LogP contribution in [0.3, 0.4) is 0 Å². The molecule has 12 heavy (non-hydrogen) atoms. The number of hydrogen-bond acceptors (Lipinski definition) is 5. The van der Waals surface area contributed by atoms with Gasteiger partial charge in [-0.1, -0.05) is 5.16 Å². The van der Waals surface area contributed by atoms with Crippen molar-refractivity contribution in [2.75, 3.05) is 14.1 Å². The molecule has 1 atom stereocenters. The third kappa shape index (κ3) is 2.28. The molecule has 1 rings (SSSR count). The molecule has 0 radical (unpaired) electrons. The molecular formula is C7H13N3O2. The Balaban J connectivity index is 2.64. The van der Waals surface area contributed by atoms with Crippen LogP contribution < -0.4 is 0 Å². The maximum absolute atomic E-state index is 9.06. The van der Waals surface area contributed by atoms with E-state index in [0.717, 1.165) is 0 Å². The van der Waals surface area contributed by atoms with E-state index in [-0.39, 0.29) is 5.89 Å². The molecule has 0 amide bonds. The van der Waals surface area contributed by atoms with Gasteiger partial charge >= 0.3 is 0 Å². The highest BCUT2D eigenvalue weighted by Gasteiger charge is 2.10. The second-order valence-corrected chi connectivity index (χ2v) is 2.96. The molecule has 5 nitrogen and oxygen atoms in total. The molecule has 0 spiro atoms. The van der Waals surface area contributed by atoms with E-state index in [9.17, 15) is 0 Å². The summed E-state index contributed by atoms with van der Waals surface area (Å²) >= 11 is 0. The van der Waals surface area contributed by atoms with Crippen LogP contribution in [0.25, 0.3) is 0 Å². The molecule has 0 saturated carbocycles. The van der Waals surface area contributed by atoms with E-state index in [2.05, 4.69) is 10.1 Å². The van der Waals surface area contributed by atoms with E-state index >= 15 is 0 Å². The monoisotopic (exact) mass is 171 g/mol. The van der Waals surface area contributed by atoms with Gasteiger partial charge in [0.05, 0.1) is 6.54 Å². The highest BCUT2D eigenvalue weighted by Crippen LogP contribution is 2.08. The van der Waals surface area contributed by atoms with Crippen molar-refractivity contribution in [1.29, 1.82) is 0 Å². The lowest BCUT2D eigenvalue weighted by Gasteiger charge is -2.03. The van der Waals surface area contributed by atoms with Crippen molar-refractivity contribution in [3.8, 4) is 0 Å². The van der Waals surface area contributed by atoms with Crippen molar-refractivity contribution in [3.63, 3.8) is 0 Å². The second kappa shape index (κ2) is 3.64. The molecule has 0 bridgehead atoms. The van der Waals surface area contributed by atoms with Crippen LogP contribution in [-0.2, 0) is 6.54 Å². The van der Waals surface area contributed by atoms with Gasteiger partial charge in [-0.15, -0.1) is 0 Å². The summed E-state index contributed by atoms with van der Waals surface area (Å²) in [6.07, 6.45) is -0.687. The van der Waals surface area contributed by atoms with Crippen molar-refractivity contribution in [2.45, 2.75) is 19.6 Å². The van der Waals surface area contributed by atoms with Crippen molar-refractivity contribution in [2.24, 2.45) is 0 Å². The Morgan fingerprint density at radius 2 is 2.25 bits per heavy atom. The Bertz CT molecular complexity index is 245. The van der Waals surface area contributed by atoms with E-state index in [1.807, 2.05) is 19.0 Å². The van der Waals surface area contributed by atoms with Crippen LogP contribution in [0.1, 0.15) is 24.7 Å². The molecule has 0 aliphatic rings. The van der Waals surface area contributed by atoms with Crippen molar-refractivity contribution in [1.82, 2.24) is 15.0 Å². The van der Waals surface area contributed by atoms with E-state index in [0.29, 0.717) is 12.4 Å². The van der Waals surface area contributed by atoms with Gasteiger partial charge in [-0.2, -0.15) is 4.98 Å². The lowest BCUT2D eigenvalue weighted by atomic mass is 10.4. The number of aromatic nitrogens is 2. The minimum atomic E-state index is -0.687. The van der Waals surface area contributed by atoms with Crippen molar-refractivity contribution >= 4 is 0 Å². The molecule has 0 aliphatic carbocycles. The van der Waals surface area contributed by atoms with Crippen molar-refractivity contribution in [3.05, 3.63) is 11.7 Å². The first-order chi connectivity index (χ1) is 5.59. The van der Waals surface area contributed by atoms with Gasteiger partial charge in [-0.25, -0.2) is 0 Å². The summed E-state index contributed by atoms with van der Waals surface area (Å²) in [5, 5.41) is 12.8. The average Bonchev–Trinajstić information content (AvgIpc) is 2.34. The number of aliphatic hydroxyl groups excluding tert-OH is 1. The van der Waals surface area contributed by atoms with Gasteiger partial charge in [-0.05, 0) is 21.0 Å². The fourth-order valence-electron chi connectivity index (χ4n) is 0.784. The van der Waals surface area contributed by atoms with Crippen LogP contribution in [0.4, 0.5) is 0 Å². The molecule has 0 aromatic carbocycles. The fraction of sp³-hybridized carbons (Fsp3) is 0.714. The Hall–Kier alpha value is -0.940. The molecule has 68 valence electrons. The molecule has 0 fully saturated rings. The maximum atomic E-state index is 9.06. The third-order valence-electron chi connectivity index (χ3n) is 1.30. The number of aliphatic hydroxyl groups is 1. The van der Waals surface area contributed by atoms with Crippen molar-refractivity contribution < 1.29 is 9.63 Å². The maximum Gasteiger partial charge on any atom is 0.255 e. The largest absolute Gasteiger partial charge is 0.384 e. The molecule has 1 aromatic heterocycles. The molecule has 1 N–H and O–H groups in total. The topological polar surface area (TPSA) is 62.4 Å². The Morgan fingerprint density at radius 1 is 1.58 bits per heavy atom. The van der Waals surface area contributed by atoms with Gasteiger partial charge in [0.25, 0.3) is 5.89 Å². The SMILES string of the molecule is C[C@@H](O)c1nc(CN(C)C)no1. The summed E-state index contributed by atoms with van der Waals surface area (Å²) in [7, 11) is 3.83. The first-order valence-corrected chi connectivity index (χ1v) is 3.75. The van der Waals surface area contributed by atoms with Gasteiger partial charge in [0.2, 0.25) is 0 Å². The van der Waals surface area contributed by atoms with Crippen LogP contribution in [0.5, 0.6) is 0 Å². The Labute approximate surface area is 71.0 Å². The standard InChI is InChI=1S/C7H13N3O2/c1-5(11)7-8-6(9-12-7)4-10(2)3/h5,11H,4H2,1-3H3/t5-/m1/s1. The van der Waals surface area contributed by atoms with E-state index in [1.54, 1.807) is 6.92 Å². The molecule has 0 aliphatic heterocycles. The Morgan fingerprint density at radius 3 is 2.67 bits per heavy atom. The Kier molecular flexibility index (Phi) is 2.78. The van der Waals surface area contributed by atoms with Gasteiger partial charge in [0.15, 0.2) is 5.82 Å². The highest BCUT2D eigenvalue weighted by molar-refractivity contribution is 4.87. The van der Waals surface area contributed by atoms with E-state index < -0.39 is 6.10 Å². The van der Waals surface area contributed by atoms with Crippen LogP contribution in [-0.4, -0.2) is 34.2 Å². The fourth-order valence-corrected chi connectivity index (χ4v) is 0.784. The molecule has 0 unspecified atom stereocenters. The van der Waals surface area contributed by atoms with Crippen LogP contribution in [0.15, 0.2) is 4.52 Å². The number of nitrogens with zero attached hydrogens (tertiary/aromatic N) is 3. The highest BCUT2D eigenvalue weighted by atomic mass is 16.5. The van der Waals surface area contributed by atoms with Gasteiger partial charge in [0.1, 0.15) is 6.10 Å². The predicted molar refractivity (Wildman–Crippen MR) is 42.3 cm³/mol. The summed E-state index contributed by atoms with van der Waals surface area (Å²) in [5.74, 6) is 0.864. The quantitative estimate of drug-likeness (QED) is 0.703. The minimum absolute atomic E-state index is 0.270.